The fourth-order valence-electron chi connectivity index (χ4n) is 3.89. The number of hydrogen-bond donors (Lipinski definition) is 0. The SMILES string of the molecule is CC=C1CC2CCC(C1)N2c1cc(C)nc(C2CC2)n1. The van der Waals surface area contributed by atoms with Gasteiger partial charge in [-0.2, -0.15) is 0 Å². The Morgan fingerprint density at radius 1 is 1.10 bits per heavy atom. The van der Waals surface area contributed by atoms with E-state index in [-0.39, 0.29) is 0 Å². The standard InChI is InChI=1S/C17H23N3/c1-3-12-9-14-6-7-15(10-12)20(14)16-8-11(2)18-17(19-16)13-4-5-13/h3,8,13-15H,4-7,9-10H2,1-2H3. The van der Waals surface area contributed by atoms with Crippen molar-refractivity contribution in [1.29, 1.82) is 0 Å². The van der Waals surface area contributed by atoms with E-state index < -0.39 is 0 Å². The van der Waals surface area contributed by atoms with E-state index in [4.69, 9.17) is 4.98 Å². The Balaban J connectivity index is 1.68. The number of allylic oxidation sites excluding steroid dienone is 1. The third-order valence-electron chi connectivity index (χ3n) is 5.09. The molecule has 106 valence electrons. The Morgan fingerprint density at radius 3 is 2.40 bits per heavy atom. The number of hydrogen-bond acceptors (Lipinski definition) is 3. The van der Waals surface area contributed by atoms with Crippen LogP contribution in [-0.2, 0) is 0 Å². The lowest BCUT2D eigenvalue weighted by Gasteiger charge is -2.37. The minimum atomic E-state index is 0.641. The highest BCUT2D eigenvalue weighted by Gasteiger charge is 2.39. The second-order valence-electron chi connectivity index (χ2n) is 6.65. The van der Waals surface area contributed by atoms with E-state index in [2.05, 4.69) is 35.9 Å². The molecule has 0 radical (unpaired) electrons. The molecule has 3 heteroatoms. The summed E-state index contributed by atoms with van der Waals surface area (Å²) in [7, 11) is 0. The molecule has 3 fully saturated rings. The molecule has 1 aromatic rings. The lowest BCUT2D eigenvalue weighted by Crippen LogP contribution is -2.41. The summed E-state index contributed by atoms with van der Waals surface area (Å²) in [6, 6.07) is 3.53. The highest BCUT2D eigenvalue weighted by atomic mass is 15.3. The van der Waals surface area contributed by atoms with Crippen LogP contribution >= 0.6 is 0 Å². The van der Waals surface area contributed by atoms with Crippen LogP contribution in [0.4, 0.5) is 5.82 Å². The van der Waals surface area contributed by atoms with Gasteiger partial charge in [0.05, 0.1) is 0 Å². The molecule has 1 aliphatic carbocycles. The average molecular weight is 269 g/mol. The van der Waals surface area contributed by atoms with Crippen LogP contribution in [0, 0.1) is 6.92 Å². The molecule has 0 spiro atoms. The minimum absolute atomic E-state index is 0.641. The number of nitrogens with zero attached hydrogens (tertiary/aromatic N) is 3. The molecule has 4 rings (SSSR count). The predicted octanol–water partition coefficient (Wildman–Crippen LogP) is 3.74. The van der Waals surface area contributed by atoms with Crippen LogP contribution in [0.15, 0.2) is 17.7 Å². The fourth-order valence-corrected chi connectivity index (χ4v) is 3.89. The van der Waals surface area contributed by atoms with E-state index in [1.807, 2.05) is 0 Å². The fraction of sp³-hybridized carbons (Fsp3) is 0.647. The van der Waals surface area contributed by atoms with Gasteiger partial charge >= 0.3 is 0 Å². The molecule has 2 saturated heterocycles. The Morgan fingerprint density at radius 2 is 1.80 bits per heavy atom. The normalized spacial score (nSPS) is 28.9. The number of anilines is 1. The second-order valence-corrected chi connectivity index (χ2v) is 6.65. The monoisotopic (exact) mass is 269 g/mol. The number of aryl methyl sites for hydroxylation is 1. The molecule has 1 aromatic heterocycles. The van der Waals surface area contributed by atoms with Crippen LogP contribution in [0.25, 0.3) is 0 Å². The van der Waals surface area contributed by atoms with Crippen molar-refractivity contribution in [2.75, 3.05) is 4.90 Å². The molecular weight excluding hydrogens is 246 g/mol. The van der Waals surface area contributed by atoms with Gasteiger partial charge in [-0.3, -0.25) is 0 Å². The molecule has 0 N–H and O–H groups in total. The lowest BCUT2D eigenvalue weighted by atomic mass is 9.96. The van der Waals surface area contributed by atoms with E-state index >= 15 is 0 Å². The molecule has 0 aromatic carbocycles. The van der Waals surface area contributed by atoms with E-state index in [1.165, 1.54) is 44.3 Å². The topological polar surface area (TPSA) is 29.0 Å². The van der Waals surface area contributed by atoms with Gasteiger partial charge in [-0.1, -0.05) is 11.6 Å². The smallest absolute Gasteiger partial charge is 0.134 e. The quantitative estimate of drug-likeness (QED) is 0.766. The summed E-state index contributed by atoms with van der Waals surface area (Å²) in [5.41, 5.74) is 2.77. The van der Waals surface area contributed by atoms with Crippen molar-refractivity contribution in [3.8, 4) is 0 Å². The molecule has 2 atom stereocenters. The number of aromatic nitrogens is 2. The zero-order valence-corrected chi connectivity index (χ0v) is 12.5. The van der Waals surface area contributed by atoms with Gasteiger partial charge in [0.25, 0.3) is 0 Å². The molecule has 0 amide bonds. The Labute approximate surface area is 121 Å². The van der Waals surface area contributed by atoms with Crippen molar-refractivity contribution in [1.82, 2.24) is 9.97 Å². The molecule has 3 aliphatic rings. The molecule has 2 aliphatic heterocycles. The maximum absolute atomic E-state index is 4.91. The van der Waals surface area contributed by atoms with Gasteiger partial charge in [0, 0.05) is 29.8 Å². The lowest BCUT2D eigenvalue weighted by molar-refractivity contribution is 0.541. The summed E-state index contributed by atoms with van der Waals surface area (Å²) in [4.78, 5) is 12.2. The van der Waals surface area contributed by atoms with Crippen molar-refractivity contribution in [2.24, 2.45) is 0 Å². The zero-order valence-electron chi connectivity index (χ0n) is 12.5. The van der Waals surface area contributed by atoms with Crippen LogP contribution in [0.1, 0.15) is 62.9 Å². The predicted molar refractivity (Wildman–Crippen MR) is 81.0 cm³/mol. The third-order valence-corrected chi connectivity index (χ3v) is 5.09. The third kappa shape index (κ3) is 2.04. The highest BCUT2D eigenvalue weighted by molar-refractivity contribution is 5.47. The summed E-state index contributed by atoms with van der Waals surface area (Å²) < 4.78 is 0. The van der Waals surface area contributed by atoms with E-state index in [9.17, 15) is 0 Å². The maximum atomic E-state index is 4.91. The van der Waals surface area contributed by atoms with E-state index in [0.717, 1.165) is 11.5 Å². The first-order valence-corrected chi connectivity index (χ1v) is 8.02. The summed E-state index contributed by atoms with van der Waals surface area (Å²) >= 11 is 0. The van der Waals surface area contributed by atoms with Crippen LogP contribution < -0.4 is 4.90 Å². The number of piperidine rings is 1. The van der Waals surface area contributed by atoms with Gasteiger partial charge in [-0.15, -0.1) is 0 Å². The van der Waals surface area contributed by atoms with Gasteiger partial charge in [-0.05, 0) is 52.4 Å². The van der Waals surface area contributed by atoms with Crippen LogP contribution in [0.5, 0.6) is 0 Å². The summed E-state index contributed by atoms with van der Waals surface area (Å²) in [5, 5.41) is 0. The first-order valence-electron chi connectivity index (χ1n) is 8.02. The Kier molecular flexibility index (Phi) is 2.83. The Hall–Kier alpha value is -1.38. The number of fused-ring (bicyclic) bond motifs is 2. The molecule has 20 heavy (non-hydrogen) atoms. The second kappa shape index (κ2) is 4.57. The summed E-state index contributed by atoms with van der Waals surface area (Å²) in [6.07, 6.45) is 9.98. The molecule has 2 bridgehead atoms. The van der Waals surface area contributed by atoms with Crippen molar-refractivity contribution in [2.45, 2.75) is 70.4 Å². The van der Waals surface area contributed by atoms with Gasteiger partial charge in [-0.25, -0.2) is 9.97 Å². The minimum Gasteiger partial charge on any atom is -0.350 e. The molecule has 3 heterocycles. The molecule has 1 saturated carbocycles. The molecule has 2 unspecified atom stereocenters. The van der Waals surface area contributed by atoms with Crippen LogP contribution in [-0.4, -0.2) is 22.1 Å². The summed E-state index contributed by atoms with van der Waals surface area (Å²) in [6.45, 7) is 4.30. The van der Waals surface area contributed by atoms with Crippen molar-refractivity contribution < 1.29 is 0 Å². The molecular formula is C17H23N3. The average Bonchev–Trinajstić information content (AvgIpc) is 3.24. The zero-order chi connectivity index (χ0) is 13.7. The van der Waals surface area contributed by atoms with Crippen molar-refractivity contribution >= 4 is 5.82 Å². The largest absolute Gasteiger partial charge is 0.350 e. The van der Waals surface area contributed by atoms with Crippen molar-refractivity contribution in [3.63, 3.8) is 0 Å². The maximum Gasteiger partial charge on any atom is 0.134 e. The van der Waals surface area contributed by atoms with Gasteiger partial charge < -0.3 is 4.90 Å². The Bertz CT molecular complexity index is 543. The van der Waals surface area contributed by atoms with Crippen LogP contribution in [0.2, 0.25) is 0 Å². The summed E-state index contributed by atoms with van der Waals surface area (Å²) in [5.74, 6) is 2.93. The van der Waals surface area contributed by atoms with Gasteiger partial charge in [0.15, 0.2) is 0 Å². The first-order chi connectivity index (χ1) is 9.74. The van der Waals surface area contributed by atoms with Crippen molar-refractivity contribution in [3.05, 3.63) is 29.2 Å². The van der Waals surface area contributed by atoms with Gasteiger partial charge in [0.2, 0.25) is 0 Å². The number of rotatable bonds is 2. The molecule has 3 nitrogen and oxygen atoms in total. The first kappa shape index (κ1) is 12.4. The van der Waals surface area contributed by atoms with Crippen LogP contribution in [0.3, 0.4) is 0 Å². The van der Waals surface area contributed by atoms with E-state index in [1.54, 1.807) is 5.57 Å². The van der Waals surface area contributed by atoms with E-state index in [0.29, 0.717) is 18.0 Å². The van der Waals surface area contributed by atoms with Gasteiger partial charge in [0.1, 0.15) is 11.6 Å². The highest BCUT2D eigenvalue weighted by Crippen LogP contribution is 2.43.